The average molecular weight is 348 g/mol. The number of halogens is 1. The fourth-order valence-electron chi connectivity index (χ4n) is 2.86. The van der Waals surface area contributed by atoms with Crippen molar-refractivity contribution >= 4 is 27.8 Å². The number of rotatable bonds is 3. The van der Waals surface area contributed by atoms with Crippen molar-refractivity contribution in [2.75, 3.05) is 32.1 Å². The van der Waals surface area contributed by atoms with Crippen LogP contribution in [-0.4, -0.2) is 47.5 Å². The van der Waals surface area contributed by atoms with E-state index in [1.54, 1.807) is 0 Å². The van der Waals surface area contributed by atoms with E-state index in [1.165, 1.54) is 12.1 Å². The molecule has 1 aliphatic heterocycles. The summed E-state index contributed by atoms with van der Waals surface area (Å²) in [6, 6.07) is 8.64. The summed E-state index contributed by atoms with van der Waals surface area (Å²) in [6.45, 7) is 2.21. The summed E-state index contributed by atoms with van der Waals surface area (Å²) >= 11 is 3.39. The van der Waals surface area contributed by atoms with Crippen molar-refractivity contribution in [3.05, 3.63) is 41.4 Å². The Hall–Kier alpha value is -1.62. The first-order valence-electron chi connectivity index (χ1n) is 7.18. The number of imidazole rings is 1. The quantitative estimate of drug-likeness (QED) is 0.629. The van der Waals surface area contributed by atoms with Gasteiger partial charge in [-0.1, -0.05) is 6.07 Å². The van der Waals surface area contributed by atoms with Crippen LogP contribution in [0.2, 0.25) is 0 Å². The molecule has 2 heterocycles. The minimum atomic E-state index is 0.644. The van der Waals surface area contributed by atoms with Gasteiger partial charge in [0.05, 0.1) is 5.92 Å². The summed E-state index contributed by atoms with van der Waals surface area (Å²) in [5.41, 5.74) is 2.43. The molecule has 1 aromatic heterocycles. The van der Waals surface area contributed by atoms with Crippen LogP contribution in [0.4, 0.5) is 5.69 Å². The van der Waals surface area contributed by atoms with Crippen LogP contribution < -0.4 is 4.90 Å². The second-order valence-electron chi connectivity index (χ2n) is 5.73. The molecule has 0 radical (unpaired) electrons. The Bertz CT molecular complexity index is 658. The van der Waals surface area contributed by atoms with Crippen LogP contribution in [0, 0.1) is 5.92 Å². The van der Waals surface area contributed by atoms with Crippen molar-refractivity contribution in [3.63, 3.8) is 0 Å². The van der Waals surface area contributed by atoms with E-state index in [0.717, 1.165) is 23.4 Å². The van der Waals surface area contributed by atoms with Crippen LogP contribution >= 0.6 is 15.9 Å². The third-order valence-electron chi connectivity index (χ3n) is 3.78. The lowest BCUT2D eigenvalue weighted by molar-refractivity contribution is -0.461. The van der Waals surface area contributed by atoms with Crippen LogP contribution in [0.1, 0.15) is 6.42 Å². The van der Waals surface area contributed by atoms with E-state index in [-0.39, 0.29) is 0 Å². The topological polar surface area (TPSA) is 24.1 Å². The van der Waals surface area contributed by atoms with Gasteiger partial charge in [0.15, 0.2) is 0 Å². The van der Waals surface area contributed by atoms with Crippen molar-refractivity contribution < 1.29 is 4.58 Å². The summed E-state index contributed by atoms with van der Waals surface area (Å²) in [5.74, 6) is 0.644. The highest BCUT2D eigenvalue weighted by atomic mass is 79.9. The summed E-state index contributed by atoms with van der Waals surface area (Å²) in [5, 5.41) is 0. The van der Waals surface area contributed by atoms with Crippen LogP contribution in [0.5, 0.6) is 0 Å². The molecule has 2 aromatic rings. The van der Waals surface area contributed by atoms with E-state index in [4.69, 9.17) is 0 Å². The molecule has 0 saturated carbocycles. The van der Waals surface area contributed by atoms with Crippen LogP contribution in [0.25, 0.3) is 5.69 Å². The molecule has 0 aliphatic carbocycles. The summed E-state index contributed by atoms with van der Waals surface area (Å²) in [6.07, 6.45) is 7.34. The van der Waals surface area contributed by atoms with Crippen molar-refractivity contribution in [3.8, 4) is 5.69 Å². The molecule has 5 heteroatoms. The molecule has 1 atom stereocenters. The molecule has 0 amide bonds. The molecule has 0 bridgehead atoms. The normalized spacial score (nSPS) is 18.0. The van der Waals surface area contributed by atoms with Gasteiger partial charge in [0.2, 0.25) is 0 Å². The maximum atomic E-state index is 4.22. The van der Waals surface area contributed by atoms with Gasteiger partial charge in [0, 0.05) is 30.7 Å². The van der Waals surface area contributed by atoms with E-state index >= 15 is 0 Å². The Balaban J connectivity index is 1.79. The number of nitrogens with zero attached hydrogens (tertiary/aromatic N) is 4. The molecule has 1 fully saturated rings. The summed E-state index contributed by atoms with van der Waals surface area (Å²) in [7, 11) is 4.19. The summed E-state index contributed by atoms with van der Waals surface area (Å²) in [4.78, 5) is 6.68. The minimum Gasteiger partial charge on any atom is -0.371 e. The summed E-state index contributed by atoms with van der Waals surface area (Å²) < 4.78 is 5.05. The lowest BCUT2D eigenvalue weighted by atomic mass is 10.1. The lowest BCUT2D eigenvalue weighted by Crippen LogP contribution is -2.21. The monoisotopic (exact) mass is 347 g/mol. The largest absolute Gasteiger partial charge is 0.371 e. The van der Waals surface area contributed by atoms with Crippen LogP contribution in [0.15, 0.2) is 41.4 Å². The smallest absolute Gasteiger partial charge is 0.144 e. The van der Waals surface area contributed by atoms with Crippen molar-refractivity contribution in [2.24, 2.45) is 5.92 Å². The average Bonchev–Trinajstić information content (AvgIpc) is 3.07. The van der Waals surface area contributed by atoms with Crippen LogP contribution in [-0.2, 0) is 0 Å². The van der Waals surface area contributed by atoms with E-state index in [0.29, 0.717) is 5.92 Å². The highest BCUT2D eigenvalue weighted by Crippen LogP contribution is 2.25. The maximum Gasteiger partial charge on any atom is 0.144 e. The number of benzene rings is 1. The van der Waals surface area contributed by atoms with Crippen molar-refractivity contribution in [2.45, 2.75) is 6.42 Å². The maximum absolute atomic E-state index is 4.22. The number of hydrogen-bond acceptors (Lipinski definition) is 2. The van der Waals surface area contributed by atoms with Gasteiger partial charge in [0.1, 0.15) is 31.2 Å². The van der Waals surface area contributed by atoms with Gasteiger partial charge in [-0.2, -0.15) is 0 Å². The Morgan fingerprint density at radius 3 is 2.86 bits per heavy atom. The van der Waals surface area contributed by atoms with Gasteiger partial charge in [-0.25, -0.2) is 9.56 Å². The molecule has 3 rings (SSSR count). The molecule has 1 saturated heterocycles. The molecule has 110 valence electrons. The van der Waals surface area contributed by atoms with Gasteiger partial charge in [-0.15, -0.1) is 0 Å². The molecule has 1 aliphatic rings. The predicted octanol–water partition coefficient (Wildman–Crippen LogP) is 2.80. The highest BCUT2D eigenvalue weighted by molar-refractivity contribution is 9.10. The molecule has 4 nitrogen and oxygen atoms in total. The van der Waals surface area contributed by atoms with Gasteiger partial charge in [0.25, 0.3) is 0 Å². The Morgan fingerprint density at radius 1 is 1.33 bits per heavy atom. The zero-order valence-corrected chi connectivity index (χ0v) is 14.0. The highest BCUT2D eigenvalue weighted by Gasteiger charge is 2.23. The molecular formula is C16H20BrN4+. The predicted molar refractivity (Wildman–Crippen MR) is 89.8 cm³/mol. The standard InChI is InChI=1S/C16H20BrN4/c1-19(2)9-13-6-7-20(10-13)14-4-3-5-15(8-14)21-11-16(17)18-12-21/h3-5,8-9,11-13H,6-7,10H2,1-2H3/q+1. The second-order valence-corrected chi connectivity index (χ2v) is 6.54. The van der Waals surface area contributed by atoms with E-state index in [9.17, 15) is 0 Å². The van der Waals surface area contributed by atoms with E-state index in [1.807, 2.05) is 17.1 Å². The minimum absolute atomic E-state index is 0.644. The molecule has 21 heavy (non-hydrogen) atoms. The lowest BCUT2D eigenvalue weighted by Gasteiger charge is -2.18. The first kappa shape index (κ1) is 14.3. The van der Waals surface area contributed by atoms with Crippen LogP contribution in [0.3, 0.4) is 0 Å². The van der Waals surface area contributed by atoms with Crippen molar-refractivity contribution in [1.29, 1.82) is 0 Å². The second kappa shape index (κ2) is 6.02. The Labute approximate surface area is 133 Å². The van der Waals surface area contributed by atoms with Crippen molar-refractivity contribution in [1.82, 2.24) is 9.55 Å². The molecule has 1 aromatic carbocycles. The van der Waals surface area contributed by atoms with Gasteiger partial charge < -0.3 is 9.47 Å². The fourth-order valence-corrected chi connectivity index (χ4v) is 3.17. The third-order valence-corrected chi connectivity index (χ3v) is 4.19. The number of aromatic nitrogens is 2. The SMILES string of the molecule is C[N+](C)=CC1CCN(c2cccc(-n3cnc(Br)c3)c2)C1. The Morgan fingerprint density at radius 2 is 2.14 bits per heavy atom. The zero-order chi connectivity index (χ0) is 14.8. The first-order valence-corrected chi connectivity index (χ1v) is 7.97. The molecular weight excluding hydrogens is 328 g/mol. The zero-order valence-electron chi connectivity index (χ0n) is 12.4. The fraction of sp³-hybridized carbons (Fsp3) is 0.375. The van der Waals surface area contributed by atoms with Gasteiger partial charge >= 0.3 is 0 Å². The number of anilines is 1. The third kappa shape index (κ3) is 3.35. The van der Waals surface area contributed by atoms with E-state index < -0.39 is 0 Å². The molecule has 1 unspecified atom stereocenters. The molecule has 0 N–H and O–H groups in total. The van der Waals surface area contributed by atoms with Gasteiger partial charge in [-0.3, -0.25) is 0 Å². The first-order chi connectivity index (χ1) is 10.1. The number of hydrogen-bond donors (Lipinski definition) is 0. The van der Waals surface area contributed by atoms with E-state index in [2.05, 4.69) is 75.0 Å². The molecule has 0 spiro atoms. The van der Waals surface area contributed by atoms with Gasteiger partial charge in [-0.05, 0) is 40.5 Å². The Kier molecular flexibility index (Phi) is 4.10.